The Morgan fingerprint density at radius 1 is 1.24 bits per heavy atom. The van der Waals surface area contributed by atoms with Gasteiger partial charge in [0.1, 0.15) is 11.8 Å². The lowest BCUT2D eigenvalue weighted by Crippen LogP contribution is -2.38. The number of hydrogen-bond acceptors (Lipinski definition) is 8. The summed E-state index contributed by atoms with van der Waals surface area (Å²) in [6.45, 7) is 2.74. The maximum absolute atomic E-state index is 12.9. The molecule has 3 aromatic rings. The standard InChI is InChI=1S/C24H27ClN6O3/c1-33-23-16(11-25)10-17(12-26-23)19-2-3-20-21(30-19)22(28-14-27-20)29-18-4-7-31(13-18)24(32)15-5-8-34-9-6-15/h2-3,10,12,14-15,18H,4-9,11,13H2,1H3,(H,27,28,29)/t18-/m0/s1. The van der Waals surface area contributed by atoms with Crippen molar-refractivity contribution < 1.29 is 14.3 Å². The van der Waals surface area contributed by atoms with Crippen molar-refractivity contribution in [3.8, 4) is 17.1 Å². The maximum Gasteiger partial charge on any atom is 0.225 e. The van der Waals surface area contributed by atoms with Crippen LogP contribution in [-0.4, -0.2) is 70.2 Å². The van der Waals surface area contributed by atoms with Gasteiger partial charge in [-0.25, -0.2) is 19.9 Å². The summed E-state index contributed by atoms with van der Waals surface area (Å²) in [6.07, 6.45) is 5.73. The number of rotatable bonds is 6. The first kappa shape index (κ1) is 22.7. The Hall–Kier alpha value is -3.04. The van der Waals surface area contributed by atoms with Gasteiger partial charge in [-0.1, -0.05) is 0 Å². The molecule has 1 atom stereocenters. The van der Waals surface area contributed by atoms with Crippen molar-refractivity contribution in [2.75, 3.05) is 38.7 Å². The molecule has 5 heterocycles. The van der Waals surface area contributed by atoms with Crippen LogP contribution in [0, 0.1) is 5.92 Å². The zero-order valence-electron chi connectivity index (χ0n) is 19.0. The third-order valence-corrected chi connectivity index (χ3v) is 6.74. The van der Waals surface area contributed by atoms with Gasteiger partial charge < -0.3 is 19.7 Å². The number of aromatic nitrogens is 4. The molecule has 1 N–H and O–H groups in total. The summed E-state index contributed by atoms with van der Waals surface area (Å²) in [7, 11) is 1.57. The fraction of sp³-hybridized carbons (Fsp3) is 0.458. The molecule has 2 aliphatic rings. The van der Waals surface area contributed by atoms with Gasteiger partial charge in [0, 0.05) is 55.6 Å². The first-order valence-corrected chi connectivity index (χ1v) is 12.0. The lowest BCUT2D eigenvalue weighted by molar-refractivity contribution is -0.137. The molecule has 10 heteroatoms. The minimum Gasteiger partial charge on any atom is -0.481 e. The lowest BCUT2D eigenvalue weighted by atomic mass is 9.99. The molecule has 0 saturated carbocycles. The van der Waals surface area contributed by atoms with E-state index in [-0.39, 0.29) is 23.7 Å². The van der Waals surface area contributed by atoms with Gasteiger partial charge in [-0.2, -0.15) is 0 Å². The molecule has 2 fully saturated rings. The van der Waals surface area contributed by atoms with E-state index < -0.39 is 0 Å². The molecular weight excluding hydrogens is 456 g/mol. The summed E-state index contributed by atoms with van der Waals surface area (Å²) in [4.78, 5) is 32.9. The fourth-order valence-electron chi connectivity index (χ4n) is 4.60. The molecule has 1 amide bonds. The van der Waals surface area contributed by atoms with Crippen molar-refractivity contribution in [2.24, 2.45) is 5.92 Å². The molecule has 0 bridgehead atoms. The first-order chi connectivity index (χ1) is 16.7. The van der Waals surface area contributed by atoms with E-state index in [2.05, 4.69) is 20.3 Å². The number of carbonyl (C=O) groups excluding carboxylic acids is 1. The van der Waals surface area contributed by atoms with Gasteiger partial charge in [0.15, 0.2) is 5.82 Å². The van der Waals surface area contributed by atoms with Crippen molar-refractivity contribution in [2.45, 2.75) is 31.2 Å². The predicted octanol–water partition coefficient (Wildman–Crippen LogP) is 3.27. The van der Waals surface area contributed by atoms with Crippen molar-refractivity contribution in [3.63, 3.8) is 0 Å². The predicted molar refractivity (Wildman–Crippen MR) is 129 cm³/mol. The number of halogens is 1. The summed E-state index contributed by atoms with van der Waals surface area (Å²) in [5.74, 6) is 1.77. The number of methoxy groups -OCH3 is 1. The van der Waals surface area contributed by atoms with Crippen LogP contribution in [0.3, 0.4) is 0 Å². The average molecular weight is 483 g/mol. The van der Waals surface area contributed by atoms with E-state index in [4.69, 9.17) is 26.1 Å². The second-order valence-electron chi connectivity index (χ2n) is 8.61. The van der Waals surface area contributed by atoms with E-state index in [0.29, 0.717) is 37.0 Å². The minimum atomic E-state index is 0.0765. The number of likely N-dealkylation sites (tertiary alicyclic amines) is 1. The van der Waals surface area contributed by atoms with Crippen molar-refractivity contribution >= 4 is 34.4 Å². The van der Waals surface area contributed by atoms with Gasteiger partial charge in [-0.05, 0) is 37.5 Å². The Morgan fingerprint density at radius 3 is 2.88 bits per heavy atom. The summed E-state index contributed by atoms with van der Waals surface area (Å²) in [5.41, 5.74) is 3.80. The number of carbonyl (C=O) groups is 1. The summed E-state index contributed by atoms with van der Waals surface area (Å²) in [6, 6.07) is 5.87. The van der Waals surface area contributed by atoms with Crippen LogP contribution in [0.2, 0.25) is 0 Å². The monoisotopic (exact) mass is 482 g/mol. The number of amides is 1. The van der Waals surface area contributed by atoms with Crippen LogP contribution in [0.25, 0.3) is 22.3 Å². The number of fused-ring (bicyclic) bond motifs is 1. The molecule has 3 aromatic heterocycles. The Kier molecular flexibility index (Phi) is 6.73. The molecule has 0 radical (unpaired) electrons. The number of anilines is 1. The zero-order valence-corrected chi connectivity index (χ0v) is 19.8. The Labute approximate surface area is 202 Å². The van der Waals surface area contributed by atoms with Gasteiger partial charge in [0.2, 0.25) is 11.8 Å². The number of alkyl halides is 1. The van der Waals surface area contributed by atoms with E-state index in [9.17, 15) is 4.79 Å². The third-order valence-electron chi connectivity index (χ3n) is 6.45. The third kappa shape index (κ3) is 4.63. The van der Waals surface area contributed by atoms with Crippen LogP contribution < -0.4 is 10.1 Å². The van der Waals surface area contributed by atoms with Crippen LogP contribution in [0.5, 0.6) is 5.88 Å². The van der Waals surface area contributed by atoms with Crippen LogP contribution in [-0.2, 0) is 15.4 Å². The molecule has 178 valence electrons. The maximum atomic E-state index is 12.9. The molecular formula is C24H27ClN6O3. The van der Waals surface area contributed by atoms with Gasteiger partial charge >= 0.3 is 0 Å². The van der Waals surface area contributed by atoms with Crippen molar-refractivity contribution in [3.05, 3.63) is 36.3 Å². The SMILES string of the molecule is COc1ncc(-c2ccc3ncnc(N[C@H]4CCN(C(=O)C5CCOCC5)C4)c3n2)cc1CCl. The molecule has 9 nitrogen and oxygen atoms in total. The molecule has 0 spiro atoms. The molecule has 0 unspecified atom stereocenters. The number of nitrogens with one attached hydrogen (secondary N) is 1. The Bertz CT molecular complexity index is 1190. The highest BCUT2D eigenvalue weighted by molar-refractivity contribution is 6.17. The van der Waals surface area contributed by atoms with Crippen LogP contribution in [0.1, 0.15) is 24.8 Å². The van der Waals surface area contributed by atoms with Crippen LogP contribution in [0.15, 0.2) is 30.7 Å². The van der Waals surface area contributed by atoms with Crippen LogP contribution >= 0.6 is 11.6 Å². The quantitative estimate of drug-likeness (QED) is 0.534. The highest BCUT2D eigenvalue weighted by atomic mass is 35.5. The molecule has 0 aromatic carbocycles. The second-order valence-corrected chi connectivity index (χ2v) is 8.88. The highest BCUT2D eigenvalue weighted by Gasteiger charge is 2.32. The number of pyridine rings is 2. The fourth-order valence-corrected chi connectivity index (χ4v) is 4.79. The molecule has 34 heavy (non-hydrogen) atoms. The zero-order chi connectivity index (χ0) is 23.5. The average Bonchev–Trinajstić information content (AvgIpc) is 3.36. The van der Waals surface area contributed by atoms with Crippen molar-refractivity contribution in [1.29, 1.82) is 0 Å². The van der Waals surface area contributed by atoms with Gasteiger partial charge in [0.25, 0.3) is 0 Å². The van der Waals surface area contributed by atoms with E-state index in [1.54, 1.807) is 13.3 Å². The van der Waals surface area contributed by atoms with E-state index in [1.165, 1.54) is 6.33 Å². The first-order valence-electron chi connectivity index (χ1n) is 11.5. The molecule has 0 aliphatic carbocycles. The number of nitrogens with zero attached hydrogens (tertiary/aromatic N) is 5. The van der Waals surface area contributed by atoms with E-state index >= 15 is 0 Å². The summed E-state index contributed by atoms with van der Waals surface area (Å²) < 4.78 is 10.7. The largest absolute Gasteiger partial charge is 0.481 e. The number of ether oxygens (including phenoxy) is 2. The Morgan fingerprint density at radius 2 is 2.09 bits per heavy atom. The van der Waals surface area contributed by atoms with E-state index in [1.807, 2.05) is 23.1 Å². The number of hydrogen-bond donors (Lipinski definition) is 1. The molecule has 5 rings (SSSR count). The van der Waals surface area contributed by atoms with Gasteiger partial charge in [-0.3, -0.25) is 4.79 Å². The molecule has 2 saturated heterocycles. The van der Waals surface area contributed by atoms with Gasteiger partial charge in [-0.15, -0.1) is 11.6 Å². The highest BCUT2D eigenvalue weighted by Crippen LogP contribution is 2.28. The lowest BCUT2D eigenvalue weighted by Gasteiger charge is -2.26. The summed E-state index contributed by atoms with van der Waals surface area (Å²) in [5, 5.41) is 3.50. The molecule has 2 aliphatic heterocycles. The normalized spacial score (nSPS) is 18.9. The Balaban J connectivity index is 1.35. The second kappa shape index (κ2) is 10.1. The smallest absolute Gasteiger partial charge is 0.225 e. The summed E-state index contributed by atoms with van der Waals surface area (Å²) >= 11 is 6.06. The topological polar surface area (TPSA) is 102 Å². The van der Waals surface area contributed by atoms with Crippen molar-refractivity contribution in [1.82, 2.24) is 24.8 Å². The van der Waals surface area contributed by atoms with E-state index in [0.717, 1.165) is 48.1 Å². The van der Waals surface area contributed by atoms with Crippen LogP contribution in [0.4, 0.5) is 5.82 Å². The van der Waals surface area contributed by atoms with Gasteiger partial charge in [0.05, 0.1) is 24.2 Å². The minimum absolute atomic E-state index is 0.0765.